The summed E-state index contributed by atoms with van der Waals surface area (Å²) in [4.78, 5) is 10.7. The topological polar surface area (TPSA) is 38.3 Å². The average Bonchev–Trinajstić information content (AvgIpc) is 2.77. The van der Waals surface area contributed by atoms with Crippen LogP contribution in [0.1, 0.15) is 11.6 Å². The molecule has 0 unspecified atom stereocenters. The van der Waals surface area contributed by atoms with Gasteiger partial charge in [-0.2, -0.15) is 13.2 Å². The molecular formula is C12H10F3NO2. The van der Waals surface area contributed by atoms with E-state index in [1.807, 2.05) is 30.3 Å². The van der Waals surface area contributed by atoms with Crippen LogP contribution < -0.4 is 5.32 Å². The minimum absolute atomic E-state index is 0.147. The lowest BCUT2D eigenvalue weighted by Crippen LogP contribution is -2.22. The number of nitrogens with one attached hydrogen (secondary N) is 1. The van der Waals surface area contributed by atoms with Crippen molar-refractivity contribution in [1.29, 1.82) is 0 Å². The van der Waals surface area contributed by atoms with Gasteiger partial charge in [-0.1, -0.05) is 30.3 Å². The number of ether oxygens (including phenoxy) is 1. The summed E-state index contributed by atoms with van der Waals surface area (Å²) in [6.45, 7) is 0.195. The normalized spacial score (nSPS) is 21.5. The van der Waals surface area contributed by atoms with Gasteiger partial charge in [0.15, 0.2) is 5.88 Å². The number of allylic oxidation sites excluding steroid dienone is 1. The molecular weight excluding hydrogens is 247 g/mol. The predicted octanol–water partition coefficient (Wildman–Crippen LogP) is 2.32. The molecule has 1 aliphatic rings. The fourth-order valence-electron chi connectivity index (χ4n) is 1.58. The molecule has 1 aromatic carbocycles. The minimum atomic E-state index is -4.87. The summed E-state index contributed by atoms with van der Waals surface area (Å²) in [6, 6.07) is 8.89. The Morgan fingerprint density at radius 2 is 2.00 bits per heavy atom. The van der Waals surface area contributed by atoms with Crippen LogP contribution in [0.15, 0.2) is 42.3 Å². The third kappa shape index (κ3) is 2.82. The maximum Gasteiger partial charge on any atom is 0.454 e. The van der Waals surface area contributed by atoms with E-state index in [0.717, 1.165) is 5.56 Å². The Kier molecular flexibility index (Phi) is 3.27. The van der Waals surface area contributed by atoms with Crippen LogP contribution in [-0.4, -0.2) is 18.6 Å². The second kappa shape index (κ2) is 4.72. The van der Waals surface area contributed by atoms with Gasteiger partial charge in [-0.25, -0.2) is 0 Å². The standard InChI is InChI=1S/C12H10F3NO2/c13-12(14,15)10(17)6-11-16-9(7-18-11)8-4-2-1-3-5-8/h1-6,9,16H,7H2/b11-6+/t9-/m1/s1. The van der Waals surface area contributed by atoms with Gasteiger partial charge in [0, 0.05) is 0 Å². The Labute approximate surface area is 101 Å². The number of halogens is 3. The number of alkyl halides is 3. The van der Waals surface area contributed by atoms with Crippen LogP contribution >= 0.6 is 0 Å². The lowest BCUT2D eigenvalue weighted by molar-refractivity contribution is -0.165. The highest BCUT2D eigenvalue weighted by atomic mass is 19.4. The molecule has 1 N–H and O–H groups in total. The van der Waals surface area contributed by atoms with Crippen LogP contribution in [0.4, 0.5) is 13.2 Å². The molecule has 0 spiro atoms. The van der Waals surface area contributed by atoms with Gasteiger partial charge in [0.05, 0.1) is 12.1 Å². The van der Waals surface area contributed by atoms with Gasteiger partial charge in [-0.15, -0.1) is 0 Å². The van der Waals surface area contributed by atoms with E-state index in [1.54, 1.807) is 0 Å². The fourth-order valence-corrected chi connectivity index (χ4v) is 1.58. The number of benzene rings is 1. The van der Waals surface area contributed by atoms with Crippen molar-refractivity contribution >= 4 is 5.78 Å². The summed E-state index contributed by atoms with van der Waals surface area (Å²) >= 11 is 0. The first kappa shape index (κ1) is 12.5. The van der Waals surface area contributed by atoms with Crippen molar-refractivity contribution in [2.45, 2.75) is 12.2 Å². The monoisotopic (exact) mass is 257 g/mol. The molecule has 1 saturated heterocycles. The molecule has 0 aliphatic carbocycles. The second-order valence-corrected chi connectivity index (χ2v) is 3.79. The molecule has 18 heavy (non-hydrogen) atoms. The Morgan fingerprint density at radius 1 is 1.33 bits per heavy atom. The Bertz CT molecular complexity index is 468. The summed E-state index contributed by atoms with van der Waals surface area (Å²) in [6.07, 6.45) is -4.44. The van der Waals surface area contributed by atoms with E-state index in [-0.39, 0.29) is 18.5 Å². The van der Waals surface area contributed by atoms with Gasteiger partial charge < -0.3 is 10.1 Å². The van der Waals surface area contributed by atoms with Gasteiger partial charge in [-0.05, 0) is 5.56 Å². The van der Waals surface area contributed by atoms with E-state index in [9.17, 15) is 18.0 Å². The fraction of sp³-hybridized carbons (Fsp3) is 0.250. The van der Waals surface area contributed by atoms with Crippen molar-refractivity contribution in [3.05, 3.63) is 47.9 Å². The quantitative estimate of drug-likeness (QED) is 0.826. The van der Waals surface area contributed by atoms with Crippen molar-refractivity contribution in [2.75, 3.05) is 6.61 Å². The molecule has 1 atom stereocenters. The summed E-state index contributed by atoms with van der Waals surface area (Å²) in [7, 11) is 0. The average molecular weight is 257 g/mol. The van der Waals surface area contributed by atoms with Crippen molar-refractivity contribution in [3.63, 3.8) is 0 Å². The first-order valence-corrected chi connectivity index (χ1v) is 5.24. The van der Waals surface area contributed by atoms with E-state index in [4.69, 9.17) is 4.74 Å². The smallest absolute Gasteiger partial charge is 0.454 e. The summed E-state index contributed by atoms with van der Waals surface area (Å²) in [5, 5.41) is 2.73. The summed E-state index contributed by atoms with van der Waals surface area (Å²) in [5.41, 5.74) is 0.889. The van der Waals surface area contributed by atoms with Crippen molar-refractivity contribution in [1.82, 2.24) is 5.32 Å². The zero-order valence-electron chi connectivity index (χ0n) is 9.20. The summed E-state index contributed by atoms with van der Waals surface area (Å²) < 4.78 is 41.2. The molecule has 2 rings (SSSR count). The third-order valence-corrected chi connectivity index (χ3v) is 2.47. The predicted molar refractivity (Wildman–Crippen MR) is 57.4 cm³/mol. The first-order chi connectivity index (χ1) is 8.47. The van der Waals surface area contributed by atoms with Crippen molar-refractivity contribution in [3.8, 4) is 0 Å². The maximum absolute atomic E-state index is 12.0. The van der Waals surface area contributed by atoms with Gasteiger partial charge >= 0.3 is 6.18 Å². The van der Waals surface area contributed by atoms with Gasteiger partial charge in [0.2, 0.25) is 0 Å². The number of hydrogen-bond donors (Lipinski definition) is 1. The molecule has 0 aromatic heterocycles. The molecule has 0 amide bonds. The molecule has 1 aliphatic heterocycles. The Balaban J connectivity index is 2.05. The SMILES string of the molecule is O=C(/C=C1\N[C@@H](c2ccccc2)CO1)C(F)(F)F. The number of ketones is 1. The molecule has 1 fully saturated rings. The highest BCUT2D eigenvalue weighted by Crippen LogP contribution is 2.23. The lowest BCUT2D eigenvalue weighted by Gasteiger charge is -2.07. The van der Waals surface area contributed by atoms with E-state index in [2.05, 4.69) is 5.32 Å². The van der Waals surface area contributed by atoms with Crippen LogP contribution in [0, 0.1) is 0 Å². The number of rotatable bonds is 2. The largest absolute Gasteiger partial charge is 0.477 e. The Morgan fingerprint density at radius 3 is 2.61 bits per heavy atom. The zero-order valence-corrected chi connectivity index (χ0v) is 9.20. The molecule has 1 heterocycles. The molecule has 1 aromatic rings. The third-order valence-electron chi connectivity index (χ3n) is 2.47. The second-order valence-electron chi connectivity index (χ2n) is 3.79. The van der Waals surface area contributed by atoms with Crippen LogP contribution in [-0.2, 0) is 9.53 Å². The van der Waals surface area contributed by atoms with Gasteiger partial charge in [0.25, 0.3) is 5.78 Å². The van der Waals surface area contributed by atoms with Gasteiger partial charge in [0.1, 0.15) is 6.61 Å². The van der Waals surface area contributed by atoms with E-state index in [1.165, 1.54) is 0 Å². The maximum atomic E-state index is 12.0. The highest BCUT2D eigenvalue weighted by molar-refractivity contribution is 5.94. The van der Waals surface area contributed by atoms with Crippen LogP contribution in [0.3, 0.4) is 0 Å². The van der Waals surface area contributed by atoms with Crippen LogP contribution in [0.25, 0.3) is 0 Å². The molecule has 0 saturated carbocycles. The minimum Gasteiger partial charge on any atom is -0.477 e. The highest BCUT2D eigenvalue weighted by Gasteiger charge is 2.38. The van der Waals surface area contributed by atoms with E-state index < -0.39 is 12.0 Å². The molecule has 0 bridgehead atoms. The number of carbonyl (C=O) groups excluding carboxylic acids is 1. The van der Waals surface area contributed by atoms with Gasteiger partial charge in [-0.3, -0.25) is 4.79 Å². The first-order valence-electron chi connectivity index (χ1n) is 5.24. The zero-order chi connectivity index (χ0) is 13.2. The molecule has 3 nitrogen and oxygen atoms in total. The van der Waals surface area contributed by atoms with Crippen LogP contribution in [0.2, 0.25) is 0 Å². The molecule has 0 radical (unpaired) electrons. The van der Waals surface area contributed by atoms with E-state index in [0.29, 0.717) is 6.08 Å². The lowest BCUT2D eigenvalue weighted by atomic mass is 10.1. The molecule has 6 heteroatoms. The van der Waals surface area contributed by atoms with Crippen molar-refractivity contribution in [2.24, 2.45) is 0 Å². The number of hydrogen-bond acceptors (Lipinski definition) is 3. The van der Waals surface area contributed by atoms with Crippen LogP contribution in [0.5, 0.6) is 0 Å². The number of carbonyl (C=O) groups is 1. The Hall–Kier alpha value is -1.98. The summed E-state index contributed by atoms with van der Waals surface area (Å²) in [5.74, 6) is -2.08. The van der Waals surface area contributed by atoms with Crippen molar-refractivity contribution < 1.29 is 22.7 Å². The molecule has 96 valence electrons. The van der Waals surface area contributed by atoms with E-state index >= 15 is 0 Å².